The Balaban J connectivity index is 0.00000220. The van der Waals surface area contributed by atoms with Gasteiger partial charge in [0.15, 0.2) is 0 Å². The predicted octanol–water partition coefficient (Wildman–Crippen LogP) is 2.52. The van der Waals surface area contributed by atoms with Crippen LogP contribution in [0.3, 0.4) is 0 Å². The van der Waals surface area contributed by atoms with Crippen molar-refractivity contribution >= 4 is 30.6 Å². The quantitative estimate of drug-likeness (QED) is 0.825. The van der Waals surface area contributed by atoms with Crippen LogP contribution in [0.15, 0.2) is 12.4 Å². The lowest BCUT2D eigenvalue weighted by atomic mass is 9.78. The van der Waals surface area contributed by atoms with Gasteiger partial charge in [-0.15, -0.1) is 24.8 Å². The number of anilines is 1. The number of aromatic nitrogens is 2. The van der Waals surface area contributed by atoms with Crippen molar-refractivity contribution in [2.24, 2.45) is 11.1 Å². The fourth-order valence-corrected chi connectivity index (χ4v) is 2.84. The molecule has 7 heteroatoms. The first-order valence-corrected chi connectivity index (χ1v) is 7.32. The van der Waals surface area contributed by atoms with Crippen molar-refractivity contribution in [1.82, 2.24) is 14.9 Å². The smallest absolute Gasteiger partial charge is 0.129 e. The minimum absolute atomic E-state index is 0. The molecule has 22 heavy (non-hydrogen) atoms. The Bertz CT molecular complexity index is 447. The maximum absolute atomic E-state index is 5.84. The van der Waals surface area contributed by atoms with Crippen molar-refractivity contribution in [3.63, 3.8) is 0 Å². The fraction of sp³-hybridized carbons (Fsp3) is 0.733. The Kier molecular flexibility index (Phi) is 8.62. The van der Waals surface area contributed by atoms with Crippen LogP contribution in [0.2, 0.25) is 0 Å². The summed E-state index contributed by atoms with van der Waals surface area (Å²) >= 11 is 0. The number of hydrogen-bond donors (Lipinski definition) is 2. The third kappa shape index (κ3) is 6.24. The Morgan fingerprint density at radius 3 is 2.45 bits per heavy atom. The van der Waals surface area contributed by atoms with Gasteiger partial charge in [-0.05, 0) is 32.4 Å². The van der Waals surface area contributed by atoms with E-state index < -0.39 is 0 Å². The summed E-state index contributed by atoms with van der Waals surface area (Å²) in [6, 6.07) is 2.42. The molecule has 3 N–H and O–H groups in total. The molecular formula is C15H29Cl2N5. The Labute approximate surface area is 146 Å². The highest BCUT2D eigenvalue weighted by Crippen LogP contribution is 2.34. The normalized spacial score (nSPS) is 20.6. The van der Waals surface area contributed by atoms with Crippen molar-refractivity contribution in [3.8, 4) is 0 Å². The van der Waals surface area contributed by atoms with E-state index in [2.05, 4.69) is 54.2 Å². The largest absolute Gasteiger partial charge is 0.369 e. The van der Waals surface area contributed by atoms with E-state index in [1.165, 1.54) is 0 Å². The maximum Gasteiger partial charge on any atom is 0.129 e. The summed E-state index contributed by atoms with van der Waals surface area (Å²) in [6.07, 6.45) is 3.74. The van der Waals surface area contributed by atoms with Gasteiger partial charge in [0.2, 0.25) is 0 Å². The molecule has 0 saturated heterocycles. The van der Waals surface area contributed by atoms with Gasteiger partial charge in [0.05, 0.1) is 0 Å². The number of nitrogens with zero attached hydrogens (tertiary/aromatic N) is 3. The van der Waals surface area contributed by atoms with E-state index in [9.17, 15) is 0 Å². The molecule has 1 fully saturated rings. The molecule has 0 unspecified atom stereocenters. The van der Waals surface area contributed by atoms with E-state index in [0.717, 1.165) is 37.4 Å². The van der Waals surface area contributed by atoms with E-state index in [1.54, 1.807) is 6.33 Å². The number of rotatable bonds is 6. The topological polar surface area (TPSA) is 67.1 Å². The average molecular weight is 350 g/mol. The summed E-state index contributed by atoms with van der Waals surface area (Å²) in [5.41, 5.74) is 7.16. The molecule has 0 amide bonds. The van der Waals surface area contributed by atoms with Gasteiger partial charge in [-0.1, -0.05) is 13.8 Å². The zero-order valence-corrected chi connectivity index (χ0v) is 15.5. The lowest BCUT2D eigenvalue weighted by Crippen LogP contribution is -2.35. The molecule has 5 nitrogen and oxygen atoms in total. The van der Waals surface area contributed by atoms with Gasteiger partial charge in [-0.3, -0.25) is 0 Å². The fourth-order valence-electron chi connectivity index (χ4n) is 2.84. The minimum atomic E-state index is 0. The molecule has 1 aliphatic rings. The highest BCUT2D eigenvalue weighted by atomic mass is 35.5. The zero-order chi connectivity index (χ0) is 14.8. The summed E-state index contributed by atoms with van der Waals surface area (Å²) in [5.74, 6) is 1.44. The van der Waals surface area contributed by atoms with E-state index in [1.807, 2.05) is 0 Å². The van der Waals surface area contributed by atoms with Gasteiger partial charge < -0.3 is 16.0 Å². The SMILES string of the molecule is CN(C)CC(C)(C)CNc1cc(C2CC(N)C2)ncn1.Cl.Cl. The van der Waals surface area contributed by atoms with Crippen LogP contribution in [0.25, 0.3) is 0 Å². The number of nitrogens with one attached hydrogen (secondary N) is 1. The molecule has 0 bridgehead atoms. The van der Waals surface area contributed by atoms with Crippen LogP contribution in [0.1, 0.15) is 38.3 Å². The monoisotopic (exact) mass is 349 g/mol. The lowest BCUT2D eigenvalue weighted by Gasteiger charge is -2.32. The second-order valence-electron chi connectivity index (χ2n) is 7.01. The van der Waals surface area contributed by atoms with E-state index in [-0.39, 0.29) is 30.2 Å². The third-order valence-corrected chi connectivity index (χ3v) is 3.77. The number of halogens is 2. The van der Waals surface area contributed by atoms with Crippen LogP contribution in [0.4, 0.5) is 5.82 Å². The van der Waals surface area contributed by atoms with Gasteiger partial charge >= 0.3 is 0 Å². The first-order valence-electron chi connectivity index (χ1n) is 7.32. The summed E-state index contributed by atoms with van der Waals surface area (Å²) in [7, 11) is 4.20. The summed E-state index contributed by atoms with van der Waals surface area (Å²) < 4.78 is 0. The number of hydrogen-bond acceptors (Lipinski definition) is 5. The molecule has 1 heterocycles. The molecule has 1 aromatic heterocycles. The zero-order valence-electron chi connectivity index (χ0n) is 13.9. The standard InChI is InChI=1S/C15H27N5.2ClH/c1-15(2,9-20(3)4)8-17-14-7-13(18-10-19-14)11-5-12(16)6-11;;/h7,10-12H,5-6,8-9,16H2,1-4H3,(H,17,18,19);2*1H. The first kappa shape index (κ1) is 21.4. The third-order valence-electron chi connectivity index (χ3n) is 3.77. The van der Waals surface area contributed by atoms with Crippen molar-refractivity contribution in [1.29, 1.82) is 0 Å². The van der Waals surface area contributed by atoms with E-state index in [4.69, 9.17) is 5.73 Å². The molecule has 1 saturated carbocycles. The Hall–Kier alpha value is -0.620. The van der Waals surface area contributed by atoms with E-state index in [0.29, 0.717) is 12.0 Å². The molecule has 0 radical (unpaired) electrons. The second kappa shape index (κ2) is 8.87. The first-order chi connectivity index (χ1) is 9.35. The second-order valence-corrected chi connectivity index (χ2v) is 7.01. The molecule has 128 valence electrons. The summed E-state index contributed by atoms with van der Waals surface area (Å²) in [5, 5.41) is 3.44. The summed E-state index contributed by atoms with van der Waals surface area (Å²) in [6.45, 7) is 6.45. The molecule has 2 rings (SSSR count). The lowest BCUT2D eigenvalue weighted by molar-refractivity contribution is 0.254. The molecular weight excluding hydrogens is 321 g/mol. The van der Waals surface area contributed by atoms with Gasteiger partial charge in [0, 0.05) is 36.8 Å². The van der Waals surface area contributed by atoms with Gasteiger partial charge in [-0.2, -0.15) is 0 Å². The van der Waals surface area contributed by atoms with Gasteiger partial charge in [-0.25, -0.2) is 9.97 Å². The van der Waals surface area contributed by atoms with Crippen LogP contribution in [0.5, 0.6) is 0 Å². The summed E-state index contributed by atoms with van der Waals surface area (Å²) in [4.78, 5) is 10.9. The van der Waals surface area contributed by atoms with Crippen LogP contribution in [0, 0.1) is 5.41 Å². The van der Waals surface area contributed by atoms with Crippen molar-refractivity contribution < 1.29 is 0 Å². The van der Waals surface area contributed by atoms with Crippen LogP contribution in [-0.2, 0) is 0 Å². The molecule has 0 aromatic carbocycles. The molecule has 0 spiro atoms. The minimum Gasteiger partial charge on any atom is -0.369 e. The Morgan fingerprint density at radius 1 is 1.27 bits per heavy atom. The van der Waals surface area contributed by atoms with Crippen LogP contribution >= 0.6 is 24.8 Å². The van der Waals surface area contributed by atoms with Crippen molar-refractivity contribution in [2.45, 2.75) is 38.6 Å². The Morgan fingerprint density at radius 2 is 1.91 bits per heavy atom. The van der Waals surface area contributed by atoms with Crippen molar-refractivity contribution in [2.75, 3.05) is 32.5 Å². The maximum atomic E-state index is 5.84. The average Bonchev–Trinajstić information content (AvgIpc) is 2.31. The molecule has 1 aromatic rings. The molecule has 0 atom stereocenters. The van der Waals surface area contributed by atoms with Crippen LogP contribution < -0.4 is 11.1 Å². The van der Waals surface area contributed by atoms with Gasteiger partial charge in [0.25, 0.3) is 0 Å². The molecule has 0 aliphatic heterocycles. The van der Waals surface area contributed by atoms with E-state index >= 15 is 0 Å². The number of nitrogens with two attached hydrogens (primary N) is 1. The highest BCUT2D eigenvalue weighted by molar-refractivity contribution is 5.85. The van der Waals surface area contributed by atoms with Gasteiger partial charge in [0.1, 0.15) is 12.1 Å². The predicted molar refractivity (Wildman–Crippen MR) is 97.3 cm³/mol. The molecule has 1 aliphatic carbocycles. The highest BCUT2D eigenvalue weighted by Gasteiger charge is 2.28. The van der Waals surface area contributed by atoms with Crippen LogP contribution in [-0.4, -0.2) is 48.1 Å². The van der Waals surface area contributed by atoms with Crippen molar-refractivity contribution in [3.05, 3.63) is 18.1 Å².